The zero-order valence-corrected chi connectivity index (χ0v) is 11.3. The number of rotatable bonds is 3. The molecule has 0 saturated carbocycles. The Hall–Kier alpha value is -3.36. The number of amides is 1. The number of fused-ring (bicyclic) bond motifs is 1. The molecular weight excluding hydrogens is 292 g/mol. The fourth-order valence-corrected chi connectivity index (χ4v) is 1.99. The Labute approximate surface area is 123 Å². The first-order valence-corrected chi connectivity index (χ1v) is 6.11. The highest BCUT2D eigenvalue weighted by Crippen LogP contribution is 2.28. The van der Waals surface area contributed by atoms with Crippen LogP contribution in [0.1, 0.15) is 10.6 Å². The molecule has 9 nitrogen and oxygen atoms in total. The van der Waals surface area contributed by atoms with Crippen LogP contribution in [0.4, 0.5) is 10.7 Å². The summed E-state index contributed by atoms with van der Waals surface area (Å²) in [4.78, 5) is 26.7. The average molecular weight is 302 g/mol. The monoisotopic (exact) mass is 302 g/mol. The Morgan fingerprint density at radius 2 is 2.23 bits per heavy atom. The number of methoxy groups -OCH3 is 1. The molecule has 112 valence electrons. The molecule has 0 spiro atoms. The van der Waals surface area contributed by atoms with Crippen molar-refractivity contribution in [3.63, 3.8) is 0 Å². The van der Waals surface area contributed by atoms with E-state index in [-0.39, 0.29) is 17.3 Å². The molecule has 0 atom stereocenters. The predicted octanol–water partition coefficient (Wildman–Crippen LogP) is 1.87. The van der Waals surface area contributed by atoms with Gasteiger partial charge in [-0.1, -0.05) is 0 Å². The van der Waals surface area contributed by atoms with Crippen molar-refractivity contribution < 1.29 is 23.8 Å². The van der Waals surface area contributed by atoms with Crippen LogP contribution >= 0.6 is 0 Å². The lowest BCUT2D eigenvalue weighted by molar-refractivity contribution is 0.0663. The van der Waals surface area contributed by atoms with Crippen molar-refractivity contribution in [3.05, 3.63) is 36.4 Å². The van der Waals surface area contributed by atoms with Crippen molar-refractivity contribution in [2.75, 3.05) is 12.4 Å². The average Bonchev–Trinajstić information content (AvgIpc) is 3.14. The van der Waals surface area contributed by atoms with Gasteiger partial charge in [0.25, 0.3) is 5.95 Å². The van der Waals surface area contributed by atoms with E-state index in [1.54, 1.807) is 18.3 Å². The summed E-state index contributed by atoms with van der Waals surface area (Å²) >= 11 is 0. The van der Waals surface area contributed by atoms with E-state index in [2.05, 4.69) is 20.1 Å². The number of furan rings is 1. The molecule has 22 heavy (non-hydrogen) atoms. The summed E-state index contributed by atoms with van der Waals surface area (Å²) in [6.45, 7) is 0. The number of carboxylic acid groups (broad SMARTS) is 1. The topological polar surface area (TPSA) is 119 Å². The molecule has 3 rings (SSSR count). The lowest BCUT2D eigenvalue weighted by atomic mass is 10.1. The van der Waals surface area contributed by atoms with Gasteiger partial charge in [-0.25, -0.2) is 19.1 Å². The molecule has 0 aliphatic rings. The second-order valence-electron chi connectivity index (χ2n) is 4.21. The van der Waals surface area contributed by atoms with Gasteiger partial charge in [-0.15, -0.1) is 5.10 Å². The molecule has 3 heterocycles. The largest absolute Gasteiger partial charge is 0.475 e. The molecule has 0 unspecified atom stereocenters. The van der Waals surface area contributed by atoms with E-state index < -0.39 is 12.1 Å². The van der Waals surface area contributed by atoms with Crippen LogP contribution in [-0.4, -0.2) is 38.9 Å². The van der Waals surface area contributed by atoms with Crippen LogP contribution in [0.25, 0.3) is 16.8 Å². The second kappa shape index (κ2) is 5.20. The Kier molecular flexibility index (Phi) is 3.22. The predicted molar refractivity (Wildman–Crippen MR) is 73.7 cm³/mol. The molecule has 0 aliphatic carbocycles. The molecule has 0 radical (unpaired) electrons. The number of nitrogens with one attached hydrogen (secondary N) is 1. The first-order valence-electron chi connectivity index (χ1n) is 6.11. The number of aromatic nitrogens is 3. The van der Waals surface area contributed by atoms with Crippen LogP contribution in [0.3, 0.4) is 0 Å². The van der Waals surface area contributed by atoms with Crippen LogP contribution in [0, 0.1) is 0 Å². The minimum absolute atomic E-state index is 0.0249. The number of hydrogen-bond acceptors (Lipinski definition) is 6. The van der Waals surface area contributed by atoms with Crippen LogP contribution < -0.4 is 5.32 Å². The van der Waals surface area contributed by atoms with Gasteiger partial charge in [0.1, 0.15) is 5.69 Å². The highest BCUT2D eigenvalue weighted by atomic mass is 16.5. The second-order valence-corrected chi connectivity index (χ2v) is 4.21. The molecular formula is C13H10N4O5. The normalized spacial score (nSPS) is 10.6. The smallest absolute Gasteiger partial charge is 0.413 e. The lowest BCUT2D eigenvalue weighted by Crippen LogP contribution is -2.15. The van der Waals surface area contributed by atoms with E-state index >= 15 is 0 Å². The Morgan fingerprint density at radius 3 is 2.95 bits per heavy atom. The maximum absolute atomic E-state index is 11.3. The molecule has 0 fully saturated rings. The summed E-state index contributed by atoms with van der Waals surface area (Å²) in [5, 5.41) is 15.6. The molecule has 0 saturated heterocycles. The van der Waals surface area contributed by atoms with E-state index in [1.165, 1.54) is 24.0 Å². The molecule has 3 aromatic heterocycles. The summed E-state index contributed by atoms with van der Waals surface area (Å²) in [5.41, 5.74) is 1.17. The van der Waals surface area contributed by atoms with E-state index in [0.29, 0.717) is 11.2 Å². The van der Waals surface area contributed by atoms with Gasteiger partial charge in [0.05, 0.1) is 24.5 Å². The van der Waals surface area contributed by atoms with Crippen molar-refractivity contribution >= 4 is 23.5 Å². The number of ether oxygens (including phenoxy) is 1. The Bertz CT molecular complexity index is 866. The maximum atomic E-state index is 11.3. The first kappa shape index (κ1) is 13.6. The third-order valence-electron chi connectivity index (χ3n) is 2.90. The molecule has 0 aliphatic heterocycles. The fourth-order valence-electron chi connectivity index (χ4n) is 1.99. The Balaban J connectivity index is 2.19. The highest BCUT2D eigenvalue weighted by molar-refractivity contribution is 5.95. The van der Waals surface area contributed by atoms with E-state index in [4.69, 9.17) is 9.52 Å². The van der Waals surface area contributed by atoms with Gasteiger partial charge in [0.2, 0.25) is 5.76 Å². The van der Waals surface area contributed by atoms with Crippen molar-refractivity contribution in [1.29, 1.82) is 0 Å². The molecule has 1 amide bonds. The van der Waals surface area contributed by atoms with Crippen molar-refractivity contribution in [1.82, 2.24) is 14.6 Å². The standard InChI is InChI=1S/C13H10N4O5/c1-21-13(20)15-12-14-9(8-3-2-5-17(8)16-12)7-4-6-22-10(7)11(18)19/h2-6H,1H3,(H,18,19)(H,15,16,20). The molecule has 0 bridgehead atoms. The first-order chi connectivity index (χ1) is 10.6. The third-order valence-corrected chi connectivity index (χ3v) is 2.90. The van der Waals surface area contributed by atoms with Gasteiger partial charge in [-0.2, -0.15) is 0 Å². The minimum Gasteiger partial charge on any atom is -0.475 e. The molecule has 0 aromatic carbocycles. The summed E-state index contributed by atoms with van der Waals surface area (Å²) in [6.07, 6.45) is 2.17. The third kappa shape index (κ3) is 2.24. The number of carboxylic acids is 1. The number of anilines is 1. The fraction of sp³-hybridized carbons (Fsp3) is 0.0769. The van der Waals surface area contributed by atoms with E-state index in [1.807, 2.05) is 0 Å². The lowest BCUT2D eigenvalue weighted by Gasteiger charge is -2.07. The Morgan fingerprint density at radius 1 is 1.41 bits per heavy atom. The summed E-state index contributed by atoms with van der Waals surface area (Å²) < 4.78 is 10.9. The minimum atomic E-state index is -1.22. The maximum Gasteiger partial charge on any atom is 0.413 e. The summed E-state index contributed by atoms with van der Waals surface area (Å²) in [6, 6.07) is 4.92. The van der Waals surface area contributed by atoms with Crippen molar-refractivity contribution in [2.24, 2.45) is 0 Å². The SMILES string of the molecule is COC(=O)Nc1nc(-c2ccoc2C(=O)O)c2cccn2n1. The highest BCUT2D eigenvalue weighted by Gasteiger charge is 2.20. The number of carbonyl (C=O) groups excluding carboxylic acids is 1. The van der Waals surface area contributed by atoms with Crippen LogP contribution in [0.2, 0.25) is 0 Å². The van der Waals surface area contributed by atoms with Crippen molar-refractivity contribution in [3.8, 4) is 11.3 Å². The van der Waals surface area contributed by atoms with Crippen LogP contribution in [0.5, 0.6) is 0 Å². The van der Waals surface area contributed by atoms with Gasteiger partial charge < -0.3 is 14.3 Å². The summed E-state index contributed by atoms with van der Waals surface area (Å²) in [7, 11) is 1.21. The number of aromatic carboxylic acids is 1. The zero-order chi connectivity index (χ0) is 15.7. The zero-order valence-electron chi connectivity index (χ0n) is 11.3. The van der Waals surface area contributed by atoms with Gasteiger partial charge in [0, 0.05) is 6.20 Å². The van der Waals surface area contributed by atoms with Crippen molar-refractivity contribution in [2.45, 2.75) is 0 Å². The van der Waals surface area contributed by atoms with Gasteiger partial charge in [-0.3, -0.25) is 5.32 Å². The van der Waals surface area contributed by atoms with E-state index in [0.717, 1.165) is 0 Å². The van der Waals surface area contributed by atoms with Crippen LogP contribution in [-0.2, 0) is 4.74 Å². The molecule has 2 N–H and O–H groups in total. The van der Waals surface area contributed by atoms with Gasteiger partial charge >= 0.3 is 12.1 Å². The quantitative estimate of drug-likeness (QED) is 0.757. The van der Waals surface area contributed by atoms with Gasteiger partial charge in [-0.05, 0) is 18.2 Å². The summed E-state index contributed by atoms with van der Waals surface area (Å²) in [5.74, 6) is -1.49. The van der Waals surface area contributed by atoms with E-state index in [9.17, 15) is 9.59 Å². The number of hydrogen-bond donors (Lipinski definition) is 2. The number of nitrogens with zero attached hydrogens (tertiary/aromatic N) is 3. The molecule has 3 aromatic rings. The van der Waals surface area contributed by atoms with Crippen LogP contribution in [0.15, 0.2) is 35.1 Å². The number of carbonyl (C=O) groups is 2. The molecule has 9 heteroatoms. The van der Waals surface area contributed by atoms with Gasteiger partial charge in [0.15, 0.2) is 0 Å².